The van der Waals surface area contributed by atoms with Crippen molar-refractivity contribution in [2.75, 3.05) is 17.3 Å². The second kappa shape index (κ2) is 6.20. The summed E-state index contributed by atoms with van der Waals surface area (Å²) in [4.78, 5) is 6.23. The summed E-state index contributed by atoms with van der Waals surface area (Å²) in [6.45, 7) is 2.18. The first-order valence-corrected chi connectivity index (χ1v) is 9.98. The van der Waals surface area contributed by atoms with Crippen molar-refractivity contribution in [2.24, 2.45) is 0 Å². The molecule has 1 aromatic carbocycles. The van der Waals surface area contributed by atoms with Crippen molar-refractivity contribution in [2.45, 2.75) is 12.2 Å². The maximum Gasteiger partial charge on any atom is 0.107 e. The molecule has 3 rings (SSSR count). The molecule has 0 spiro atoms. The molecule has 0 radical (unpaired) electrons. The Morgan fingerprint density at radius 3 is 2.68 bits per heavy atom. The molecule has 1 saturated heterocycles. The Hall–Kier alpha value is 0.0300. The van der Waals surface area contributed by atoms with Gasteiger partial charge in [-0.3, -0.25) is 0 Å². The number of aromatic nitrogens is 1. The Morgan fingerprint density at radius 1 is 1.21 bits per heavy atom. The Morgan fingerprint density at radius 2 is 2.00 bits per heavy atom. The summed E-state index contributed by atoms with van der Waals surface area (Å²) in [5.74, 6) is 3.74. The van der Waals surface area contributed by atoms with Gasteiger partial charge < -0.3 is 0 Å². The summed E-state index contributed by atoms with van der Waals surface area (Å²) in [6.07, 6.45) is 0. The minimum atomic E-state index is 0.589. The van der Waals surface area contributed by atoms with Gasteiger partial charge in [0.1, 0.15) is 5.01 Å². The highest BCUT2D eigenvalue weighted by molar-refractivity contribution is 9.10. The predicted octanol–water partition coefficient (Wildman–Crippen LogP) is 5.40. The molecule has 1 fully saturated rings. The summed E-state index contributed by atoms with van der Waals surface area (Å²) in [5, 5.41) is 1.89. The molecule has 2 aromatic rings. The van der Waals surface area contributed by atoms with Crippen molar-refractivity contribution in [1.82, 2.24) is 4.98 Å². The van der Waals surface area contributed by atoms with Crippen molar-refractivity contribution in [1.29, 1.82) is 0 Å². The van der Waals surface area contributed by atoms with Gasteiger partial charge in [-0.1, -0.05) is 28.1 Å². The zero-order chi connectivity index (χ0) is 13.2. The predicted molar refractivity (Wildman–Crippen MR) is 92.5 cm³/mol. The molecule has 2 heterocycles. The van der Waals surface area contributed by atoms with Crippen LogP contribution in [-0.4, -0.2) is 22.2 Å². The number of hydrogen-bond acceptors (Lipinski definition) is 4. The second-order valence-corrected chi connectivity index (χ2v) is 9.01. The van der Waals surface area contributed by atoms with E-state index in [0.717, 1.165) is 10.2 Å². The first-order valence-electron chi connectivity index (χ1n) is 6.16. The Balaban J connectivity index is 1.90. The van der Waals surface area contributed by atoms with E-state index in [4.69, 9.17) is 4.98 Å². The van der Waals surface area contributed by atoms with E-state index in [9.17, 15) is 0 Å². The molecule has 1 aromatic heterocycles. The highest BCUT2D eigenvalue weighted by Gasteiger charge is 2.21. The van der Waals surface area contributed by atoms with Gasteiger partial charge in [-0.25, -0.2) is 4.98 Å². The van der Waals surface area contributed by atoms with Gasteiger partial charge in [0.15, 0.2) is 0 Å². The summed E-state index contributed by atoms with van der Waals surface area (Å²) in [6, 6.07) is 8.44. The summed E-state index contributed by atoms with van der Waals surface area (Å²) < 4.78 is 1.11. The molecule has 0 saturated carbocycles. The van der Waals surface area contributed by atoms with Crippen molar-refractivity contribution < 1.29 is 0 Å². The number of thioether (sulfide) groups is 2. The lowest BCUT2D eigenvalue weighted by Gasteiger charge is -2.18. The van der Waals surface area contributed by atoms with Crippen LogP contribution >= 0.6 is 50.8 Å². The fourth-order valence-corrected chi connectivity index (χ4v) is 6.25. The summed E-state index contributed by atoms with van der Waals surface area (Å²) in [5.41, 5.74) is 2.38. The van der Waals surface area contributed by atoms with Crippen LogP contribution in [-0.2, 0) is 0 Å². The molecule has 1 aliphatic heterocycles. The van der Waals surface area contributed by atoms with E-state index in [0.29, 0.717) is 5.25 Å². The molecule has 0 amide bonds. The van der Waals surface area contributed by atoms with Gasteiger partial charge >= 0.3 is 0 Å². The van der Waals surface area contributed by atoms with E-state index in [1.807, 2.05) is 11.3 Å². The Kier molecular flexibility index (Phi) is 4.57. The number of aryl methyl sites for hydroxylation is 1. The zero-order valence-electron chi connectivity index (χ0n) is 10.6. The lowest BCUT2D eigenvalue weighted by Crippen LogP contribution is -2.05. The molecule has 5 heteroatoms. The lowest BCUT2D eigenvalue weighted by molar-refractivity contribution is 1.06. The van der Waals surface area contributed by atoms with Crippen LogP contribution in [0.2, 0.25) is 0 Å². The molecule has 0 bridgehead atoms. The topological polar surface area (TPSA) is 12.9 Å². The maximum atomic E-state index is 4.90. The van der Waals surface area contributed by atoms with E-state index in [2.05, 4.69) is 70.6 Å². The molecular weight excluding hydrogens is 358 g/mol. The van der Waals surface area contributed by atoms with Gasteiger partial charge in [0.05, 0.1) is 10.9 Å². The van der Waals surface area contributed by atoms with Crippen molar-refractivity contribution in [3.05, 3.63) is 38.6 Å². The average molecular weight is 372 g/mol. The van der Waals surface area contributed by atoms with E-state index >= 15 is 0 Å². The largest absolute Gasteiger partial charge is 0.240 e. The van der Waals surface area contributed by atoms with Crippen LogP contribution in [0.25, 0.3) is 11.3 Å². The third-order valence-corrected chi connectivity index (χ3v) is 7.55. The van der Waals surface area contributed by atoms with E-state index in [1.54, 1.807) is 0 Å². The molecule has 1 unspecified atom stereocenters. The smallest absolute Gasteiger partial charge is 0.107 e. The fraction of sp³-hybridized carbons (Fsp3) is 0.357. The van der Waals surface area contributed by atoms with Gasteiger partial charge in [0.25, 0.3) is 0 Å². The molecule has 1 atom stereocenters. The zero-order valence-corrected chi connectivity index (χ0v) is 14.6. The first kappa shape index (κ1) is 14.0. The fourth-order valence-electron chi connectivity index (χ4n) is 2.06. The molecule has 0 aliphatic carbocycles. The third-order valence-electron chi connectivity index (χ3n) is 3.02. The van der Waals surface area contributed by atoms with Crippen LogP contribution in [0.1, 0.15) is 15.1 Å². The van der Waals surface area contributed by atoms with E-state index in [1.165, 1.54) is 32.7 Å². The van der Waals surface area contributed by atoms with Gasteiger partial charge in [0.2, 0.25) is 0 Å². The van der Waals surface area contributed by atoms with Gasteiger partial charge in [0, 0.05) is 32.2 Å². The molecule has 1 nitrogen and oxygen atoms in total. The number of hydrogen-bond donors (Lipinski definition) is 0. The molecule has 0 N–H and O–H groups in total. The highest BCUT2D eigenvalue weighted by Crippen LogP contribution is 2.40. The average Bonchev–Trinajstić information content (AvgIpc) is 2.83. The summed E-state index contributed by atoms with van der Waals surface area (Å²) in [7, 11) is 0. The molecular formula is C14H14BrNS3. The number of rotatable bonds is 2. The Labute approximate surface area is 134 Å². The lowest BCUT2D eigenvalue weighted by atomic mass is 10.1. The number of benzene rings is 1. The van der Waals surface area contributed by atoms with Gasteiger partial charge in [-0.05, 0) is 19.1 Å². The van der Waals surface area contributed by atoms with Crippen LogP contribution in [0.5, 0.6) is 0 Å². The third kappa shape index (κ3) is 3.20. The van der Waals surface area contributed by atoms with Crippen LogP contribution in [0.3, 0.4) is 0 Å². The number of thiazole rings is 1. The summed E-state index contributed by atoms with van der Waals surface area (Å²) >= 11 is 9.45. The van der Waals surface area contributed by atoms with Crippen molar-refractivity contribution >= 4 is 50.8 Å². The minimum Gasteiger partial charge on any atom is -0.240 e. The quantitative estimate of drug-likeness (QED) is 0.700. The standard InChI is InChI=1S/C14H14BrNS3/c1-9-13(10-2-4-11(15)5-3-10)16-14(19-9)12-8-17-6-7-18-12/h2-5,12H,6-8H2,1H3. The van der Waals surface area contributed by atoms with Gasteiger partial charge in [-0.2, -0.15) is 11.8 Å². The van der Waals surface area contributed by atoms with Crippen LogP contribution in [0, 0.1) is 6.92 Å². The minimum absolute atomic E-state index is 0.589. The second-order valence-electron chi connectivity index (χ2n) is 4.40. The highest BCUT2D eigenvalue weighted by atomic mass is 79.9. The molecule has 1 aliphatic rings. The van der Waals surface area contributed by atoms with E-state index < -0.39 is 0 Å². The van der Waals surface area contributed by atoms with Crippen molar-refractivity contribution in [3.8, 4) is 11.3 Å². The normalized spacial score (nSPS) is 19.6. The van der Waals surface area contributed by atoms with E-state index in [-0.39, 0.29) is 0 Å². The Bertz CT molecular complexity index is 559. The first-order chi connectivity index (χ1) is 9.24. The number of halogens is 1. The van der Waals surface area contributed by atoms with Crippen LogP contribution in [0.4, 0.5) is 0 Å². The molecule has 100 valence electrons. The van der Waals surface area contributed by atoms with Crippen LogP contribution in [0.15, 0.2) is 28.7 Å². The maximum absolute atomic E-state index is 4.90. The van der Waals surface area contributed by atoms with Gasteiger partial charge in [-0.15, -0.1) is 23.1 Å². The van der Waals surface area contributed by atoms with Crippen LogP contribution < -0.4 is 0 Å². The van der Waals surface area contributed by atoms with Crippen molar-refractivity contribution in [3.63, 3.8) is 0 Å². The molecule has 19 heavy (non-hydrogen) atoms. The monoisotopic (exact) mass is 371 g/mol. The SMILES string of the molecule is Cc1sc(C2CSCCS2)nc1-c1ccc(Br)cc1. The number of nitrogens with zero attached hydrogens (tertiary/aromatic N) is 1.